The summed E-state index contributed by atoms with van der Waals surface area (Å²) in [7, 11) is 0. The lowest BCUT2D eigenvalue weighted by Crippen LogP contribution is -2.15. The Labute approximate surface area is 151 Å². The van der Waals surface area contributed by atoms with Crippen LogP contribution in [0.25, 0.3) is 0 Å². The van der Waals surface area contributed by atoms with E-state index in [2.05, 4.69) is 20.6 Å². The van der Waals surface area contributed by atoms with Gasteiger partial charge in [-0.2, -0.15) is 0 Å². The molecule has 132 valence electrons. The summed E-state index contributed by atoms with van der Waals surface area (Å²) < 4.78 is 13.3. The number of amides is 1. The topological polar surface area (TPSA) is 66.9 Å². The summed E-state index contributed by atoms with van der Waals surface area (Å²) in [6.07, 6.45) is 0. The van der Waals surface area contributed by atoms with E-state index in [1.54, 1.807) is 19.1 Å². The van der Waals surface area contributed by atoms with Crippen molar-refractivity contribution in [3.05, 3.63) is 76.9 Å². The molecule has 1 heterocycles. The van der Waals surface area contributed by atoms with Crippen LogP contribution in [0.3, 0.4) is 0 Å². The van der Waals surface area contributed by atoms with E-state index in [9.17, 15) is 9.18 Å². The monoisotopic (exact) mass is 350 g/mol. The van der Waals surface area contributed by atoms with E-state index in [0.717, 1.165) is 16.8 Å². The van der Waals surface area contributed by atoms with Gasteiger partial charge in [-0.25, -0.2) is 14.4 Å². The van der Waals surface area contributed by atoms with Gasteiger partial charge in [-0.3, -0.25) is 4.79 Å². The minimum absolute atomic E-state index is 0.203. The quantitative estimate of drug-likeness (QED) is 0.725. The molecule has 0 atom stereocenters. The van der Waals surface area contributed by atoms with Crippen LogP contribution in [0.4, 0.5) is 21.7 Å². The number of carbonyl (C=O) groups excluding carboxylic acids is 1. The average Bonchev–Trinajstić information content (AvgIpc) is 2.57. The Hall–Kier alpha value is -3.28. The van der Waals surface area contributed by atoms with Gasteiger partial charge < -0.3 is 10.6 Å². The van der Waals surface area contributed by atoms with Gasteiger partial charge in [0, 0.05) is 17.1 Å². The second-order valence-electron chi connectivity index (χ2n) is 6.13. The summed E-state index contributed by atoms with van der Waals surface area (Å²) in [5.74, 6) is -0.507. The molecule has 0 saturated heterocycles. The fraction of sp³-hybridized carbons (Fsp3) is 0.150. The molecule has 0 aliphatic heterocycles. The maximum absolute atomic E-state index is 13.3. The molecular weight excluding hydrogens is 331 g/mol. The van der Waals surface area contributed by atoms with E-state index >= 15 is 0 Å². The second kappa shape index (κ2) is 7.31. The van der Waals surface area contributed by atoms with Gasteiger partial charge >= 0.3 is 0 Å². The van der Waals surface area contributed by atoms with E-state index in [4.69, 9.17) is 0 Å². The first kappa shape index (κ1) is 17.5. The van der Waals surface area contributed by atoms with Gasteiger partial charge in [-0.05, 0) is 62.2 Å². The van der Waals surface area contributed by atoms with Crippen LogP contribution < -0.4 is 10.6 Å². The number of aryl methyl sites for hydroxylation is 3. The number of rotatable bonds is 4. The summed E-state index contributed by atoms with van der Waals surface area (Å²) in [5, 5.41) is 5.80. The van der Waals surface area contributed by atoms with Gasteiger partial charge in [0.2, 0.25) is 5.95 Å². The SMILES string of the molecule is Cc1ccc(C)c(Nc2nc(C)cc(C(=O)Nc3cccc(F)c3)n2)c1. The number of aromatic nitrogens is 2. The largest absolute Gasteiger partial charge is 0.324 e. The van der Waals surface area contributed by atoms with E-state index in [-0.39, 0.29) is 5.69 Å². The zero-order valence-corrected chi connectivity index (χ0v) is 14.8. The standard InChI is InChI=1S/C20H19FN4O/c1-12-7-8-13(2)17(9-12)24-20-22-14(3)10-18(25-20)19(26)23-16-6-4-5-15(21)11-16/h4-11H,1-3H3,(H,23,26)(H,22,24,25). The lowest BCUT2D eigenvalue weighted by Gasteiger charge is -2.11. The van der Waals surface area contributed by atoms with E-state index in [1.807, 2.05) is 32.0 Å². The molecule has 5 nitrogen and oxygen atoms in total. The molecule has 0 aliphatic carbocycles. The number of hydrogen-bond donors (Lipinski definition) is 2. The van der Waals surface area contributed by atoms with Crippen molar-refractivity contribution in [2.24, 2.45) is 0 Å². The predicted molar refractivity (Wildman–Crippen MR) is 100 cm³/mol. The van der Waals surface area contributed by atoms with Crippen molar-refractivity contribution in [2.45, 2.75) is 20.8 Å². The molecule has 1 aromatic heterocycles. The van der Waals surface area contributed by atoms with E-state index in [1.165, 1.54) is 18.2 Å². The summed E-state index contributed by atoms with van der Waals surface area (Å²) in [6.45, 7) is 5.77. The molecule has 3 rings (SSSR count). The Bertz CT molecular complexity index is 972. The van der Waals surface area contributed by atoms with Crippen LogP contribution in [0.2, 0.25) is 0 Å². The van der Waals surface area contributed by atoms with Crippen LogP contribution in [0.15, 0.2) is 48.5 Å². The molecule has 26 heavy (non-hydrogen) atoms. The van der Waals surface area contributed by atoms with Crippen molar-refractivity contribution in [3.8, 4) is 0 Å². The summed E-state index contributed by atoms with van der Waals surface area (Å²) in [4.78, 5) is 21.1. The lowest BCUT2D eigenvalue weighted by atomic mass is 10.1. The second-order valence-corrected chi connectivity index (χ2v) is 6.13. The van der Waals surface area contributed by atoms with Gasteiger partial charge in [0.15, 0.2) is 0 Å². The van der Waals surface area contributed by atoms with Crippen LogP contribution >= 0.6 is 0 Å². The van der Waals surface area contributed by atoms with E-state index < -0.39 is 11.7 Å². The molecule has 2 aromatic carbocycles. The Morgan fingerprint density at radius 1 is 1.00 bits per heavy atom. The third-order valence-electron chi connectivity index (χ3n) is 3.81. The van der Waals surface area contributed by atoms with Crippen LogP contribution in [-0.4, -0.2) is 15.9 Å². The fourth-order valence-corrected chi connectivity index (χ4v) is 2.49. The van der Waals surface area contributed by atoms with Crippen molar-refractivity contribution < 1.29 is 9.18 Å². The molecule has 6 heteroatoms. The maximum atomic E-state index is 13.3. The molecular formula is C20H19FN4O. The number of hydrogen-bond acceptors (Lipinski definition) is 4. The fourth-order valence-electron chi connectivity index (χ4n) is 2.49. The highest BCUT2D eigenvalue weighted by molar-refractivity contribution is 6.03. The number of halogens is 1. The molecule has 0 radical (unpaired) electrons. The highest BCUT2D eigenvalue weighted by Crippen LogP contribution is 2.20. The molecule has 0 fully saturated rings. The van der Waals surface area contributed by atoms with Gasteiger partial charge in [0.05, 0.1) is 0 Å². The molecule has 0 bridgehead atoms. The average molecular weight is 350 g/mol. The molecule has 2 N–H and O–H groups in total. The molecule has 0 aliphatic rings. The molecule has 3 aromatic rings. The summed E-state index contributed by atoms with van der Waals surface area (Å²) in [6, 6.07) is 13.3. The van der Waals surface area contributed by atoms with Crippen molar-refractivity contribution in [3.63, 3.8) is 0 Å². The van der Waals surface area contributed by atoms with Gasteiger partial charge in [-0.15, -0.1) is 0 Å². The van der Waals surface area contributed by atoms with Crippen LogP contribution in [0, 0.1) is 26.6 Å². The van der Waals surface area contributed by atoms with Gasteiger partial charge in [0.25, 0.3) is 5.91 Å². The Kier molecular flexibility index (Phi) is 4.93. The first-order valence-corrected chi connectivity index (χ1v) is 8.17. The van der Waals surface area contributed by atoms with Crippen molar-refractivity contribution in [1.29, 1.82) is 0 Å². The Balaban J connectivity index is 1.85. The van der Waals surface area contributed by atoms with Crippen molar-refractivity contribution in [1.82, 2.24) is 9.97 Å². The molecule has 0 saturated carbocycles. The number of nitrogens with zero attached hydrogens (tertiary/aromatic N) is 2. The van der Waals surface area contributed by atoms with Crippen molar-refractivity contribution in [2.75, 3.05) is 10.6 Å². The van der Waals surface area contributed by atoms with E-state index in [0.29, 0.717) is 17.3 Å². The molecule has 0 spiro atoms. The zero-order chi connectivity index (χ0) is 18.7. The predicted octanol–water partition coefficient (Wildman–Crippen LogP) is 4.54. The maximum Gasteiger partial charge on any atom is 0.274 e. The number of anilines is 3. The molecule has 1 amide bonds. The summed E-state index contributed by atoms with van der Waals surface area (Å²) >= 11 is 0. The van der Waals surface area contributed by atoms with Crippen LogP contribution in [0.5, 0.6) is 0 Å². The third kappa shape index (κ3) is 4.22. The van der Waals surface area contributed by atoms with Gasteiger partial charge in [-0.1, -0.05) is 18.2 Å². The molecule has 0 unspecified atom stereocenters. The smallest absolute Gasteiger partial charge is 0.274 e. The minimum Gasteiger partial charge on any atom is -0.324 e. The highest BCUT2D eigenvalue weighted by Gasteiger charge is 2.12. The normalized spacial score (nSPS) is 10.5. The third-order valence-corrected chi connectivity index (χ3v) is 3.81. The Morgan fingerprint density at radius 3 is 2.58 bits per heavy atom. The van der Waals surface area contributed by atoms with Gasteiger partial charge in [0.1, 0.15) is 11.5 Å². The lowest BCUT2D eigenvalue weighted by molar-refractivity contribution is 0.102. The number of nitrogens with one attached hydrogen (secondary N) is 2. The Morgan fingerprint density at radius 2 is 1.81 bits per heavy atom. The van der Waals surface area contributed by atoms with Crippen LogP contribution in [0.1, 0.15) is 27.3 Å². The highest BCUT2D eigenvalue weighted by atomic mass is 19.1. The minimum atomic E-state index is -0.426. The summed E-state index contributed by atoms with van der Waals surface area (Å²) in [5.41, 5.74) is 4.26. The first-order valence-electron chi connectivity index (χ1n) is 8.17. The zero-order valence-electron chi connectivity index (χ0n) is 14.8. The van der Waals surface area contributed by atoms with Crippen LogP contribution in [-0.2, 0) is 0 Å². The first-order chi connectivity index (χ1) is 12.4. The number of carbonyl (C=O) groups is 1. The van der Waals surface area contributed by atoms with Crippen molar-refractivity contribution >= 4 is 23.2 Å². The number of benzene rings is 2.